The molecule has 0 aliphatic heterocycles. The predicted octanol–water partition coefficient (Wildman–Crippen LogP) is 3.56. The van der Waals surface area contributed by atoms with Gasteiger partial charge in [0.25, 0.3) is 0 Å². The Morgan fingerprint density at radius 3 is 2.29 bits per heavy atom. The van der Waals surface area contributed by atoms with E-state index in [9.17, 15) is 4.57 Å². The molecular formula is C11H17ClNO3P. The van der Waals surface area contributed by atoms with Gasteiger partial charge in [-0.25, -0.2) is 0 Å². The van der Waals surface area contributed by atoms with Crippen LogP contribution < -0.4 is 5.73 Å². The van der Waals surface area contributed by atoms with E-state index in [0.717, 1.165) is 0 Å². The summed E-state index contributed by atoms with van der Waals surface area (Å²) >= 11 is 6.01. The molecule has 0 aromatic heterocycles. The van der Waals surface area contributed by atoms with Crippen molar-refractivity contribution in [1.82, 2.24) is 0 Å². The highest BCUT2D eigenvalue weighted by molar-refractivity contribution is 7.54. The summed E-state index contributed by atoms with van der Waals surface area (Å²) in [6, 6.07) is 6.98. The summed E-state index contributed by atoms with van der Waals surface area (Å²) in [6.45, 7) is 4.03. The van der Waals surface area contributed by atoms with E-state index < -0.39 is 13.4 Å². The molecule has 0 radical (unpaired) electrons. The highest BCUT2D eigenvalue weighted by Gasteiger charge is 2.34. The molecule has 1 unspecified atom stereocenters. The Balaban J connectivity index is 3.04. The molecule has 0 heterocycles. The number of rotatable bonds is 6. The topological polar surface area (TPSA) is 61.5 Å². The molecule has 0 aliphatic carbocycles. The summed E-state index contributed by atoms with van der Waals surface area (Å²) in [6.07, 6.45) is 0. The molecule has 0 aliphatic rings. The van der Waals surface area contributed by atoms with E-state index in [2.05, 4.69) is 0 Å². The Bertz CT molecular complexity index is 403. The van der Waals surface area contributed by atoms with Crippen LogP contribution in [-0.2, 0) is 13.6 Å². The third-order valence-corrected chi connectivity index (χ3v) is 4.72. The van der Waals surface area contributed by atoms with Gasteiger partial charge in [-0.2, -0.15) is 0 Å². The Labute approximate surface area is 107 Å². The van der Waals surface area contributed by atoms with E-state index in [1.807, 2.05) is 0 Å². The van der Waals surface area contributed by atoms with E-state index in [1.54, 1.807) is 38.1 Å². The van der Waals surface area contributed by atoms with Gasteiger partial charge in [-0.3, -0.25) is 4.57 Å². The van der Waals surface area contributed by atoms with E-state index in [-0.39, 0.29) is 13.2 Å². The highest BCUT2D eigenvalue weighted by Crippen LogP contribution is 2.58. The summed E-state index contributed by atoms with van der Waals surface area (Å²) in [5.41, 5.74) is 6.52. The van der Waals surface area contributed by atoms with Crippen molar-refractivity contribution in [2.24, 2.45) is 5.73 Å². The van der Waals surface area contributed by atoms with Crippen LogP contribution in [0.4, 0.5) is 0 Å². The molecule has 0 spiro atoms. The first-order valence-corrected chi connectivity index (χ1v) is 7.43. The third kappa shape index (κ3) is 3.54. The molecular weight excluding hydrogens is 261 g/mol. The van der Waals surface area contributed by atoms with Gasteiger partial charge in [0.2, 0.25) is 0 Å². The van der Waals surface area contributed by atoms with E-state index >= 15 is 0 Å². The van der Waals surface area contributed by atoms with Crippen molar-refractivity contribution in [3.63, 3.8) is 0 Å². The quantitative estimate of drug-likeness (QED) is 0.808. The van der Waals surface area contributed by atoms with Crippen molar-refractivity contribution < 1.29 is 13.6 Å². The number of halogens is 1. The minimum Gasteiger partial charge on any atom is -0.314 e. The fourth-order valence-electron chi connectivity index (χ4n) is 1.44. The lowest BCUT2D eigenvalue weighted by Gasteiger charge is -2.23. The minimum atomic E-state index is -3.37. The third-order valence-electron chi connectivity index (χ3n) is 2.18. The lowest BCUT2D eigenvalue weighted by atomic mass is 10.2. The van der Waals surface area contributed by atoms with Crippen LogP contribution in [0.1, 0.15) is 25.2 Å². The highest BCUT2D eigenvalue weighted by atomic mass is 35.5. The normalized spacial score (nSPS) is 13.6. The predicted molar refractivity (Wildman–Crippen MR) is 69.2 cm³/mol. The van der Waals surface area contributed by atoms with Gasteiger partial charge in [-0.15, -0.1) is 0 Å². The van der Waals surface area contributed by atoms with Crippen LogP contribution in [0.15, 0.2) is 24.3 Å². The first-order chi connectivity index (χ1) is 8.05. The molecule has 0 bridgehead atoms. The number of hydrogen-bond acceptors (Lipinski definition) is 4. The van der Waals surface area contributed by atoms with Gasteiger partial charge in [0.1, 0.15) is 5.78 Å². The van der Waals surface area contributed by atoms with Crippen LogP contribution in [-0.4, -0.2) is 13.2 Å². The van der Waals surface area contributed by atoms with Crippen molar-refractivity contribution >= 4 is 19.2 Å². The second-order valence-electron chi connectivity index (χ2n) is 3.34. The first kappa shape index (κ1) is 14.7. The molecule has 0 saturated heterocycles. The molecule has 17 heavy (non-hydrogen) atoms. The van der Waals surface area contributed by atoms with Crippen molar-refractivity contribution in [3.8, 4) is 0 Å². The van der Waals surface area contributed by atoms with Gasteiger partial charge >= 0.3 is 7.60 Å². The second-order valence-corrected chi connectivity index (χ2v) is 5.90. The minimum absolute atomic E-state index is 0.273. The maximum absolute atomic E-state index is 12.4. The molecule has 2 N–H and O–H groups in total. The van der Waals surface area contributed by atoms with Gasteiger partial charge in [-0.05, 0) is 25.5 Å². The SMILES string of the molecule is CCOP(=O)(OCC)C(N)c1ccccc1Cl. The molecule has 4 nitrogen and oxygen atoms in total. The van der Waals surface area contributed by atoms with Crippen LogP contribution >= 0.6 is 19.2 Å². The average molecular weight is 278 g/mol. The molecule has 6 heteroatoms. The summed E-state index contributed by atoms with van der Waals surface area (Å²) in [4.78, 5) is 0. The van der Waals surface area contributed by atoms with Crippen LogP contribution in [0.3, 0.4) is 0 Å². The zero-order chi connectivity index (χ0) is 12.9. The maximum atomic E-state index is 12.4. The van der Waals surface area contributed by atoms with Gasteiger partial charge in [0.15, 0.2) is 0 Å². The van der Waals surface area contributed by atoms with Crippen LogP contribution in [0.2, 0.25) is 5.02 Å². The largest absolute Gasteiger partial charge is 0.351 e. The molecule has 1 atom stereocenters. The van der Waals surface area contributed by atoms with Crippen molar-refractivity contribution in [2.75, 3.05) is 13.2 Å². The summed E-state index contributed by atoms with van der Waals surface area (Å²) < 4.78 is 22.8. The lowest BCUT2D eigenvalue weighted by Crippen LogP contribution is -2.15. The molecule has 96 valence electrons. The molecule has 0 fully saturated rings. The summed E-state index contributed by atoms with van der Waals surface area (Å²) in [5.74, 6) is -0.865. The molecule has 0 amide bonds. The zero-order valence-electron chi connectivity index (χ0n) is 9.93. The van der Waals surface area contributed by atoms with Crippen molar-refractivity contribution in [3.05, 3.63) is 34.9 Å². The van der Waals surface area contributed by atoms with Crippen molar-refractivity contribution in [1.29, 1.82) is 0 Å². The van der Waals surface area contributed by atoms with Crippen molar-refractivity contribution in [2.45, 2.75) is 19.6 Å². The van der Waals surface area contributed by atoms with E-state index in [1.165, 1.54) is 0 Å². The summed E-state index contributed by atoms with van der Waals surface area (Å²) in [7, 11) is -3.37. The van der Waals surface area contributed by atoms with Gasteiger partial charge in [-0.1, -0.05) is 29.8 Å². The molecule has 1 rings (SSSR count). The first-order valence-electron chi connectivity index (χ1n) is 5.44. The maximum Gasteiger partial charge on any atom is 0.351 e. The number of benzene rings is 1. The zero-order valence-corrected chi connectivity index (χ0v) is 11.6. The monoisotopic (exact) mass is 277 g/mol. The van der Waals surface area contributed by atoms with Gasteiger partial charge in [0.05, 0.1) is 13.2 Å². The summed E-state index contributed by atoms with van der Waals surface area (Å²) in [5, 5.41) is 0.458. The van der Waals surface area contributed by atoms with Crippen LogP contribution in [0.5, 0.6) is 0 Å². The number of hydrogen-bond donors (Lipinski definition) is 1. The molecule has 0 saturated carbocycles. The van der Waals surface area contributed by atoms with Crippen LogP contribution in [0.25, 0.3) is 0 Å². The van der Waals surface area contributed by atoms with Gasteiger partial charge < -0.3 is 14.8 Å². The molecule has 1 aromatic rings. The molecule has 1 aromatic carbocycles. The van der Waals surface area contributed by atoms with E-state index in [4.69, 9.17) is 26.4 Å². The second kappa shape index (κ2) is 6.53. The number of nitrogens with two attached hydrogens (primary N) is 1. The fourth-order valence-corrected chi connectivity index (χ4v) is 3.45. The fraction of sp³-hybridized carbons (Fsp3) is 0.455. The smallest absolute Gasteiger partial charge is 0.314 e. The lowest BCUT2D eigenvalue weighted by molar-refractivity contribution is 0.212. The standard InChI is InChI=1S/C11H17ClNO3P/c1-3-15-17(14,16-4-2)11(13)9-7-5-6-8-10(9)12/h5-8,11H,3-4,13H2,1-2H3. The Hall–Kier alpha value is -0.380. The van der Waals surface area contributed by atoms with Crippen LogP contribution in [0, 0.1) is 0 Å². The average Bonchev–Trinajstić information content (AvgIpc) is 2.29. The Morgan fingerprint density at radius 2 is 1.82 bits per heavy atom. The van der Waals surface area contributed by atoms with Gasteiger partial charge in [0, 0.05) is 5.02 Å². The van der Waals surface area contributed by atoms with E-state index in [0.29, 0.717) is 10.6 Å². The Morgan fingerprint density at radius 1 is 1.29 bits per heavy atom. The Kier molecular flexibility index (Phi) is 5.63.